The zero-order chi connectivity index (χ0) is 16.5. The Kier molecular flexibility index (Phi) is 4.87. The van der Waals surface area contributed by atoms with Gasteiger partial charge in [0.15, 0.2) is 0 Å². The third kappa shape index (κ3) is 3.84. The van der Waals surface area contributed by atoms with E-state index in [4.69, 9.17) is 5.11 Å². The molecule has 0 aromatic heterocycles. The summed E-state index contributed by atoms with van der Waals surface area (Å²) >= 11 is 0. The van der Waals surface area contributed by atoms with Crippen molar-refractivity contribution in [3.05, 3.63) is 0 Å². The normalized spacial score (nSPS) is 32.8. The average molecular weight is 322 g/mol. The number of aliphatic carboxylic acids is 1. The molecule has 1 saturated carbocycles. The number of carboxylic acids is 1. The number of alkyl halides is 3. The van der Waals surface area contributed by atoms with Gasteiger partial charge in [-0.1, -0.05) is 6.92 Å². The maximum Gasteiger partial charge on any atom is 0.394 e. The molecular weight excluding hydrogens is 301 g/mol. The lowest BCUT2D eigenvalue weighted by atomic mass is 9.87. The molecule has 2 N–H and O–H groups in total. The van der Waals surface area contributed by atoms with Crippen molar-refractivity contribution < 1.29 is 27.9 Å². The molecular formula is C14H21F3N2O3. The largest absolute Gasteiger partial charge is 0.481 e. The number of carbonyl (C=O) groups excluding carboxylic acids is 1. The Morgan fingerprint density at radius 3 is 2.18 bits per heavy atom. The van der Waals surface area contributed by atoms with E-state index in [9.17, 15) is 22.8 Å². The fourth-order valence-electron chi connectivity index (χ4n) is 3.22. The molecule has 0 aromatic carbocycles. The van der Waals surface area contributed by atoms with E-state index in [1.54, 1.807) is 0 Å². The molecule has 2 amide bonds. The summed E-state index contributed by atoms with van der Waals surface area (Å²) in [7, 11) is 0. The molecule has 0 aromatic rings. The van der Waals surface area contributed by atoms with Crippen LogP contribution in [0.2, 0.25) is 0 Å². The highest BCUT2D eigenvalue weighted by molar-refractivity contribution is 5.78. The number of likely N-dealkylation sites (tertiary alicyclic amines) is 1. The van der Waals surface area contributed by atoms with E-state index in [0.29, 0.717) is 5.92 Å². The van der Waals surface area contributed by atoms with Gasteiger partial charge in [-0.05, 0) is 31.6 Å². The van der Waals surface area contributed by atoms with Crippen molar-refractivity contribution in [3.63, 3.8) is 0 Å². The van der Waals surface area contributed by atoms with Gasteiger partial charge in [0, 0.05) is 19.1 Å². The first-order valence-corrected chi connectivity index (χ1v) is 7.53. The minimum atomic E-state index is -4.61. The molecule has 0 spiro atoms. The van der Waals surface area contributed by atoms with Crippen molar-refractivity contribution in [1.82, 2.24) is 10.2 Å². The summed E-state index contributed by atoms with van der Waals surface area (Å²) in [5, 5.41) is 11.7. The van der Waals surface area contributed by atoms with E-state index in [1.165, 1.54) is 0 Å². The first kappa shape index (κ1) is 16.9. The van der Waals surface area contributed by atoms with E-state index in [-0.39, 0.29) is 6.04 Å². The van der Waals surface area contributed by atoms with Crippen LogP contribution in [0.15, 0.2) is 0 Å². The molecule has 5 nitrogen and oxygen atoms in total. The smallest absolute Gasteiger partial charge is 0.394 e. The minimum absolute atomic E-state index is 0.0306. The van der Waals surface area contributed by atoms with Crippen LogP contribution < -0.4 is 5.32 Å². The molecule has 1 aliphatic carbocycles. The fourth-order valence-corrected chi connectivity index (χ4v) is 3.22. The summed E-state index contributed by atoms with van der Waals surface area (Å²) in [6.45, 7) is 1.15. The molecule has 8 heteroatoms. The lowest BCUT2D eigenvalue weighted by molar-refractivity contribution is -0.187. The molecule has 0 unspecified atom stereocenters. The molecule has 2 atom stereocenters. The molecule has 126 valence electrons. The van der Waals surface area contributed by atoms with Crippen molar-refractivity contribution in [2.75, 3.05) is 13.1 Å². The molecule has 0 bridgehead atoms. The number of nitrogens with zero attached hydrogens (tertiary/aromatic N) is 1. The van der Waals surface area contributed by atoms with Crippen LogP contribution in [-0.4, -0.2) is 47.3 Å². The number of halogens is 3. The van der Waals surface area contributed by atoms with E-state index in [1.807, 2.05) is 0 Å². The molecule has 2 fully saturated rings. The van der Waals surface area contributed by atoms with Gasteiger partial charge in [-0.2, -0.15) is 13.2 Å². The molecule has 2 aliphatic rings. The Morgan fingerprint density at radius 2 is 1.73 bits per heavy atom. The van der Waals surface area contributed by atoms with Crippen molar-refractivity contribution in [1.29, 1.82) is 0 Å². The number of carboxylic acid groups (broad SMARTS) is 1. The van der Waals surface area contributed by atoms with Crippen LogP contribution in [0.5, 0.6) is 0 Å². The number of hydrogen-bond donors (Lipinski definition) is 2. The third-order valence-corrected chi connectivity index (χ3v) is 4.69. The standard InChI is InChI=1S/C14H21F3N2O3/c1-8-2-4-9(5-3-8)18-13(22)19-6-10(12(20)21)11(7-19)14(15,16)17/h8-11H,2-7H2,1H3,(H,18,22)(H,20,21)/t8?,9?,10-,11-/m1/s1. The highest BCUT2D eigenvalue weighted by Gasteiger charge is 2.53. The average Bonchev–Trinajstić information content (AvgIpc) is 2.86. The van der Waals surface area contributed by atoms with Crippen LogP contribution in [0.4, 0.5) is 18.0 Å². The van der Waals surface area contributed by atoms with Gasteiger partial charge in [0.2, 0.25) is 0 Å². The van der Waals surface area contributed by atoms with Gasteiger partial charge in [0.05, 0.1) is 11.8 Å². The molecule has 1 aliphatic heterocycles. The van der Waals surface area contributed by atoms with Crippen LogP contribution in [0.3, 0.4) is 0 Å². The van der Waals surface area contributed by atoms with Crippen LogP contribution in [-0.2, 0) is 4.79 Å². The van der Waals surface area contributed by atoms with Gasteiger partial charge >= 0.3 is 18.2 Å². The molecule has 22 heavy (non-hydrogen) atoms. The van der Waals surface area contributed by atoms with Gasteiger partial charge < -0.3 is 15.3 Å². The summed E-state index contributed by atoms with van der Waals surface area (Å²) in [6.07, 6.45) is -1.03. The van der Waals surface area contributed by atoms with E-state index in [2.05, 4.69) is 12.2 Å². The van der Waals surface area contributed by atoms with Crippen molar-refractivity contribution in [2.24, 2.45) is 17.8 Å². The van der Waals surface area contributed by atoms with Crippen molar-refractivity contribution in [3.8, 4) is 0 Å². The fraction of sp³-hybridized carbons (Fsp3) is 0.857. The van der Waals surface area contributed by atoms with E-state index >= 15 is 0 Å². The Balaban J connectivity index is 1.95. The Hall–Kier alpha value is -1.47. The second kappa shape index (κ2) is 6.34. The monoisotopic (exact) mass is 322 g/mol. The van der Waals surface area contributed by atoms with E-state index in [0.717, 1.165) is 30.6 Å². The minimum Gasteiger partial charge on any atom is -0.481 e. The Bertz CT molecular complexity index is 434. The quantitative estimate of drug-likeness (QED) is 0.820. The number of rotatable bonds is 2. The molecule has 0 radical (unpaired) electrons. The summed E-state index contributed by atoms with van der Waals surface area (Å²) < 4.78 is 38.7. The molecule has 1 heterocycles. The van der Waals surface area contributed by atoms with Crippen molar-refractivity contribution >= 4 is 12.0 Å². The third-order valence-electron chi connectivity index (χ3n) is 4.69. The van der Waals surface area contributed by atoms with Crippen LogP contribution >= 0.6 is 0 Å². The van der Waals surface area contributed by atoms with Gasteiger partial charge in [0.1, 0.15) is 0 Å². The Morgan fingerprint density at radius 1 is 1.14 bits per heavy atom. The maximum atomic E-state index is 12.9. The number of nitrogens with one attached hydrogen (secondary N) is 1. The van der Waals surface area contributed by atoms with Crippen LogP contribution in [0, 0.1) is 17.8 Å². The Labute approximate surface area is 126 Å². The first-order chi connectivity index (χ1) is 10.2. The predicted octanol–water partition coefficient (Wildman–Crippen LogP) is 2.47. The van der Waals surface area contributed by atoms with Gasteiger partial charge in [-0.15, -0.1) is 0 Å². The number of hydrogen-bond acceptors (Lipinski definition) is 2. The van der Waals surface area contributed by atoms with E-state index < -0.39 is 43.1 Å². The second-order valence-corrected chi connectivity index (χ2v) is 6.40. The highest BCUT2D eigenvalue weighted by Crippen LogP contribution is 2.37. The highest BCUT2D eigenvalue weighted by atomic mass is 19.4. The number of amides is 2. The topological polar surface area (TPSA) is 69.6 Å². The number of carbonyl (C=O) groups is 2. The molecule has 1 saturated heterocycles. The zero-order valence-electron chi connectivity index (χ0n) is 12.4. The maximum absolute atomic E-state index is 12.9. The summed E-state index contributed by atoms with van der Waals surface area (Å²) in [5.74, 6) is -4.49. The van der Waals surface area contributed by atoms with Crippen LogP contribution in [0.25, 0.3) is 0 Å². The van der Waals surface area contributed by atoms with Gasteiger partial charge in [-0.3, -0.25) is 4.79 Å². The summed E-state index contributed by atoms with van der Waals surface area (Å²) in [6, 6.07) is -0.616. The lowest BCUT2D eigenvalue weighted by Gasteiger charge is -2.29. The lowest BCUT2D eigenvalue weighted by Crippen LogP contribution is -2.45. The summed E-state index contributed by atoms with van der Waals surface area (Å²) in [4.78, 5) is 24.1. The first-order valence-electron chi connectivity index (χ1n) is 7.53. The second-order valence-electron chi connectivity index (χ2n) is 6.40. The summed E-state index contributed by atoms with van der Waals surface area (Å²) in [5.41, 5.74) is 0. The predicted molar refractivity (Wildman–Crippen MR) is 72.2 cm³/mol. The van der Waals surface area contributed by atoms with Gasteiger partial charge in [-0.25, -0.2) is 4.79 Å². The van der Waals surface area contributed by atoms with Gasteiger partial charge in [0.25, 0.3) is 0 Å². The molecule has 2 rings (SSSR count). The zero-order valence-corrected chi connectivity index (χ0v) is 12.4. The van der Waals surface area contributed by atoms with Crippen molar-refractivity contribution in [2.45, 2.75) is 44.8 Å². The number of urea groups is 1. The SMILES string of the molecule is CC1CCC(NC(=O)N2C[C@@H](C(F)(F)F)[C@H](C(=O)O)C2)CC1. The van der Waals surface area contributed by atoms with Crippen LogP contribution in [0.1, 0.15) is 32.6 Å².